The van der Waals surface area contributed by atoms with Gasteiger partial charge in [0.2, 0.25) is 0 Å². The van der Waals surface area contributed by atoms with Gasteiger partial charge in [0.15, 0.2) is 12.4 Å². The van der Waals surface area contributed by atoms with Crippen molar-refractivity contribution in [1.29, 1.82) is 0 Å². The van der Waals surface area contributed by atoms with E-state index in [1.807, 2.05) is 37.3 Å². The minimum absolute atomic E-state index is 0.0392. The van der Waals surface area contributed by atoms with Crippen molar-refractivity contribution in [3.63, 3.8) is 0 Å². The van der Waals surface area contributed by atoms with Crippen LogP contribution in [-0.4, -0.2) is 23.6 Å². The topological polar surface area (TPSA) is 81.4 Å². The summed E-state index contributed by atoms with van der Waals surface area (Å²) >= 11 is 0. The highest BCUT2D eigenvalue weighted by atomic mass is 16.5. The molecule has 1 aromatic carbocycles. The molecule has 2 aromatic rings. The van der Waals surface area contributed by atoms with Gasteiger partial charge in [-0.15, -0.1) is 0 Å². The van der Waals surface area contributed by atoms with Gasteiger partial charge >= 0.3 is 5.97 Å². The van der Waals surface area contributed by atoms with Gasteiger partial charge in [-0.05, 0) is 11.5 Å². The molecule has 0 radical (unpaired) electrons. The lowest BCUT2D eigenvalue weighted by Crippen LogP contribution is -2.21. The van der Waals surface area contributed by atoms with Crippen molar-refractivity contribution in [2.75, 3.05) is 11.9 Å². The summed E-state index contributed by atoms with van der Waals surface area (Å²) in [5.41, 5.74) is 1.06. The van der Waals surface area contributed by atoms with E-state index in [4.69, 9.17) is 4.74 Å². The fourth-order valence-electron chi connectivity index (χ4n) is 1.81. The first kappa shape index (κ1) is 14.8. The number of benzene rings is 1. The summed E-state index contributed by atoms with van der Waals surface area (Å²) in [5.74, 6) is -0.544. The van der Waals surface area contributed by atoms with Crippen LogP contribution in [0.25, 0.3) is 0 Å². The van der Waals surface area contributed by atoms with E-state index in [1.165, 1.54) is 12.3 Å². The first-order chi connectivity index (χ1) is 10.1. The minimum atomic E-state index is -0.454. The lowest BCUT2D eigenvalue weighted by molar-refractivity contribution is -0.147. The Morgan fingerprint density at radius 1 is 1.29 bits per heavy atom. The Balaban J connectivity index is 1.73. The number of hydrogen-bond donors (Lipinski definition) is 1. The number of anilines is 1. The molecule has 0 spiro atoms. The third-order valence-corrected chi connectivity index (χ3v) is 2.91. The SMILES string of the molecule is CC(CC(=O)OCC(=O)Nc1ccon1)c1ccccc1. The number of ether oxygens (including phenoxy) is 1. The Hall–Kier alpha value is -2.63. The van der Waals surface area contributed by atoms with E-state index in [-0.39, 0.29) is 24.8 Å². The fraction of sp³-hybridized carbons (Fsp3) is 0.267. The molecule has 6 heteroatoms. The van der Waals surface area contributed by atoms with Gasteiger partial charge in [-0.3, -0.25) is 9.59 Å². The maximum absolute atomic E-state index is 11.7. The van der Waals surface area contributed by atoms with Crippen molar-refractivity contribution in [1.82, 2.24) is 5.16 Å². The molecule has 1 amide bonds. The standard InChI is InChI=1S/C15H16N2O4/c1-11(12-5-3-2-4-6-12)9-15(19)20-10-14(18)16-13-7-8-21-17-13/h2-8,11H,9-10H2,1H3,(H,16,17,18). The Morgan fingerprint density at radius 3 is 2.71 bits per heavy atom. The summed E-state index contributed by atoms with van der Waals surface area (Å²) in [5, 5.41) is 5.97. The largest absolute Gasteiger partial charge is 0.456 e. The van der Waals surface area contributed by atoms with E-state index in [1.54, 1.807) is 0 Å². The van der Waals surface area contributed by atoms with Gasteiger partial charge < -0.3 is 14.6 Å². The van der Waals surface area contributed by atoms with Crippen LogP contribution in [0.5, 0.6) is 0 Å². The van der Waals surface area contributed by atoms with Crippen molar-refractivity contribution >= 4 is 17.7 Å². The fourth-order valence-corrected chi connectivity index (χ4v) is 1.81. The van der Waals surface area contributed by atoms with E-state index < -0.39 is 11.9 Å². The zero-order valence-electron chi connectivity index (χ0n) is 11.6. The number of carbonyl (C=O) groups is 2. The molecule has 21 heavy (non-hydrogen) atoms. The molecule has 2 rings (SSSR count). The summed E-state index contributed by atoms with van der Waals surface area (Å²) in [6, 6.07) is 11.2. The van der Waals surface area contributed by atoms with Crippen molar-refractivity contribution < 1.29 is 18.8 Å². The van der Waals surface area contributed by atoms with Crippen molar-refractivity contribution in [2.24, 2.45) is 0 Å². The maximum atomic E-state index is 11.7. The molecule has 0 saturated heterocycles. The highest BCUT2D eigenvalue weighted by Gasteiger charge is 2.14. The molecule has 1 atom stereocenters. The van der Waals surface area contributed by atoms with E-state index in [9.17, 15) is 9.59 Å². The van der Waals surface area contributed by atoms with Gasteiger partial charge in [-0.1, -0.05) is 42.4 Å². The van der Waals surface area contributed by atoms with Crippen LogP contribution < -0.4 is 5.32 Å². The number of carbonyl (C=O) groups excluding carboxylic acids is 2. The van der Waals surface area contributed by atoms with Gasteiger partial charge in [-0.25, -0.2) is 0 Å². The smallest absolute Gasteiger partial charge is 0.306 e. The quantitative estimate of drug-likeness (QED) is 0.825. The highest BCUT2D eigenvalue weighted by molar-refractivity contribution is 5.91. The number of hydrogen-bond acceptors (Lipinski definition) is 5. The van der Waals surface area contributed by atoms with Gasteiger partial charge in [0.1, 0.15) is 6.26 Å². The van der Waals surface area contributed by atoms with Gasteiger partial charge in [0.25, 0.3) is 5.91 Å². The van der Waals surface area contributed by atoms with Gasteiger partial charge in [0, 0.05) is 6.07 Å². The zero-order chi connectivity index (χ0) is 15.1. The molecule has 6 nitrogen and oxygen atoms in total. The first-order valence-electron chi connectivity index (χ1n) is 6.56. The van der Waals surface area contributed by atoms with Crippen LogP contribution in [-0.2, 0) is 14.3 Å². The predicted molar refractivity (Wildman–Crippen MR) is 75.6 cm³/mol. The molecule has 0 saturated carbocycles. The summed E-state index contributed by atoms with van der Waals surface area (Å²) < 4.78 is 9.51. The van der Waals surface area contributed by atoms with Crippen LogP contribution in [0.15, 0.2) is 47.2 Å². The highest BCUT2D eigenvalue weighted by Crippen LogP contribution is 2.18. The van der Waals surface area contributed by atoms with Crippen LogP contribution in [0.4, 0.5) is 5.82 Å². The van der Waals surface area contributed by atoms with Crippen molar-refractivity contribution in [3.8, 4) is 0 Å². The lowest BCUT2D eigenvalue weighted by Gasteiger charge is -2.11. The Morgan fingerprint density at radius 2 is 2.05 bits per heavy atom. The van der Waals surface area contributed by atoms with E-state index in [0.717, 1.165) is 5.56 Å². The molecular formula is C15H16N2O4. The first-order valence-corrected chi connectivity index (χ1v) is 6.56. The molecular weight excluding hydrogens is 272 g/mol. The van der Waals surface area contributed by atoms with E-state index in [0.29, 0.717) is 0 Å². The average molecular weight is 288 g/mol. The normalized spacial score (nSPS) is 11.7. The third kappa shape index (κ3) is 4.76. The van der Waals surface area contributed by atoms with Gasteiger partial charge in [0.05, 0.1) is 6.42 Å². The summed E-state index contributed by atoms with van der Waals surface area (Å²) in [7, 11) is 0. The third-order valence-electron chi connectivity index (χ3n) is 2.91. The molecule has 0 aliphatic heterocycles. The summed E-state index contributed by atoms with van der Waals surface area (Å²) in [6.07, 6.45) is 1.56. The van der Waals surface area contributed by atoms with Crippen LogP contribution in [0.3, 0.4) is 0 Å². The van der Waals surface area contributed by atoms with Crippen LogP contribution in [0, 0.1) is 0 Å². The Labute approximate surface area is 122 Å². The Kier molecular flexibility index (Phi) is 5.09. The molecule has 0 fully saturated rings. The molecule has 110 valence electrons. The van der Waals surface area contributed by atoms with Crippen molar-refractivity contribution in [2.45, 2.75) is 19.3 Å². The van der Waals surface area contributed by atoms with Crippen LogP contribution in [0.2, 0.25) is 0 Å². The number of nitrogens with zero attached hydrogens (tertiary/aromatic N) is 1. The van der Waals surface area contributed by atoms with E-state index in [2.05, 4.69) is 15.0 Å². The van der Waals surface area contributed by atoms with Crippen LogP contribution in [0.1, 0.15) is 24.8 Å². The number of amides is 1. The lowest BCUT2D eigenvalue weighted by atomic mass is 9.98. The molecule has 1 aromatic heterocycles. The second-order valence-corrected chi connectivity index (χ2v) is 4.61. The second-order valence-electron chi connectivity index (χ2n) is 4.61. The Bertz CT molecular complexity index is 581. The van der Waals surface area contributed by atoms with Crippen LogP contribution >= 0.6 is 0 Å². The number of esters is 1. The van der Waals surface area contributed by atoms with Crippen molar-refractivity contribution in [3.05, 3.63) is 48.2 Å². The molecule has 0 aliphatic rings. The molecule has 0 bridgehead atoms. The number of nitrogens with one attached hydrogen (secondary N) is 1. The summed E-state index contributed by atoms with van der Waals surface area (Å²) in [4.78, 5) is 23.2. The second kappa shape index (κ2) is 7.23. The minimum Gasteiger partial charge on any atom is -0.456 e. The number of rotatable bonds is 6. The van der Waals surface area contributed by atoms with E-state index >= 15 is 0 Å². The number of aromatic nitrogens is 1. The average Bonchev–Trinajstić information content (AvgIpc) is 2.99. The monoisotopic (exact) mass is 288 g/mol. The molecule has 1 heterocycles. The molecule has 0 aliphatic carbocycles. The molecule has 1 unspecified atom stereocenters. The summed E-state index contributed by atoms with van der Waals surface area (Å²) in [6.45, 7) is 1.60. The maximum Gasteiger partial charge on any atom is 0.306 e. The predicted octanol–water partition coefficient (Wildman–Crippen LogP) is 2.35. The molecule has 1 N–H and O–H groups in total. The van der Waals surface area contributed by atoms with Gasteiger partial charge in [-0.2, -0.15) is 0 Å². The zero-order valence-corrected chi connectivity index (χ0v) is 11.6.